The van der Waals surface area contributed by atoms with E-state index < -0.39 is 0 Å². The van der Waals surface area contributed by atoms with E-state index >= 15 is 0 Å². The van der Waals surface area contributed by atoms with Gasteiger partial charge >= 0.3 is 0 Å². The zero-order chi connectivity index (χ0) is 18.5. The van der Waals surface area contributed by atoms with E-state index in [1.165, 1.54) is 6.20 Å². The van der Waals surface area contributed by atoms with Crippen molar-refractivity contribution in [2.75, 3.05) is 14.2 Å². The van der Waals surface area contributed by atoms with Crippen molar-refractivity contribution in [3.05, 3.63) is 64.3 Å². The fourth-order valence-electron chi connectivity index (χ4n) is 2.59. The number of nitrogens with one attached hydrogen (secondary N) is 2. The van der Waals surface area contributed by atoms with E-state index in [1.54, 1.807) is 20.3 Å². The molecule has 2 aromatic carbocycles. The average molecular weight is 416 g/mol. The van der Waals surface area contributed by atoms with Crippen LogP contribution in [0.5, 0.6) is 11.5 Å². The number of nitrogens with zero attached hydrogens (tertiary/aromatic N) is 1. The first-order chi connectivity index (χ1) is 12.6. The van der Waals surface area contributed by atoms with Crippen molar-refractivity contribution in [1.29, 1.82) is 0 Å². The van der Waals surface area contributed by atoms with Crippen molar-refractivity contribution < 1.29 is 14.3 Å². The minimum absolute atomic E-state index is 0.216. The second-order valence-corrected chi connectivity index (χ2v) is 6.45. The van der Waals surface area contributed by atoms with E-state index in [-0.39, 0.29) is 5.91 Å². The van der Waals surface area contributed by atoms with E-state index in [4.69, 9.17) is 9.47 Å². The van der Waals surface area contributed by atoms with Gasteiger partial charge in [-0.25, -0.2) is 0 Å². The van der Waals surface area contributed by atoms with Gasteiger partial charge in [-0.15, -0.1) is 0 Å². The molecule has 134 valence electrons. The molecule has 3 aromatic rings. The fourth-order valence-corrected chi connectivity index (χ4v) is 2.99. The molecule has 0 aliphatic heterocycles. The first kappa shape index (κ1) is 18.0. The van der Waals surface area contributed by atoms with Crippen molar-refractivity contribution in [2.45, 2.75) is 6.54 Å². The summed E-state index contributed by atoms with van der Waals surface area (Å²) in [6.07, 6.45) is 1.52. The summed E-state index contributed by atoms with van der Waals surface area (Å²) in [6, 6.07) is 13.2. The molecule has 26 heavy (non-hydrogen) atoms. The lowest BCUT2D eigenvalue weighted by molar-refractivity contribution is 0.0951. The third-order valence-corrected chi connectivity index (χ3v) is 4.42. The number of ether oxygens (including phenoxy) is 2. The molecule has 0 aliphatic rings. The van der Waals surface area contributed by atoms with Crippen LogP contribution >= 0.6 is 15.9 Å². The lowest BCUT2D eigenvalue weighted by atomic mass is 10.1. The van der Waals surface area contributed by atoms with Crippen LogP contribution in [-0.4, -0.2) is 30.3 Å². The Kier molecular flexibility index (Phi) is 5.58. The minimum Gasteiger partial charge on any atom is -0.497 e. The van der Waals surface area contributed by atoms with Crippen molar-refractivity contribution in [2.24, 2.45) is 0 Å². The first-order valence-corrected chi connectivity index (χ1v) is 8.70. The molecule has 0 aliphatic carbocycles. The molecule has 3 rings (SSSR count). The zero-order valence-corrected chi connectivity index (χ0v) is 16.0. The number of aromatic nitrogens is 2. The van der Waals surface area contributed by atoms with Crippen molar-refractivity contribution in [3.63, 3.8) is 0 Å². The molecule has 0 saturated heterocycles. The SMILES string of the molecule is COc1ccc(CNC(=O)c2cn[nH]c2-c2cccc(Br)c2)c(OC)c1. The number of carbonyl (C=O) groups excluding carboxylic acids is 1. The van der Waals surface area contributed by atoms with Crippen LogP contribution in [-0.2, 0) is 6.54 Å². The second kappa shape index (κ2) is 8.05. The van der Waals surface area contributed by atoms with Gasteiger partial charge in [-0.05, 0) is 24.3 Å². The molecule has 0 fully saturated rings. The Morgan fingerprint density at radius 3 is 2.77 bits per heavy atom. The van der Waals surface area contributed by atoms with Gasteiger partial charge in [-0.3, -0.25) is 9.89 Å². The van der Waals surface area contributed by atoms with Crippen molar-refractivity contribution >= 4 is 21.8 Å². The number of carbonyl (C=O) groups is 1. The summed E-state index contributed by atoms with van der Waals surface area (Å²) >= 11 is 3.44. The minimum atomic E-state index is -0.216. The normalized spacial score (nSPS) is 10.4. The second-order valence-electron chi connectivity index (χ2n) is 5.53. The van der Waals surface area contributed by atoms with Crippen molar-refractivity contribution in [3.8, 4) is 22.8 Å². The summed E-state index contributed by atoms with van der Waals surface area (Å²) in [7, 11) is 3.18. The number of rotatable bonds is 6. The average Bonchev–Trinajstić information content (AvgIpc) is 3.16. The number of halogens is 1. The maximum Gasteiger partial charge on any atom is 0.255 e. The van der Waals surface area contributed by atoms with Gasteiger partial charge in [0.15, 0.2) is 0 Å². The summed E-state index contributed by atoms with van der Waals surface area (Å²) in [4.78, 5) is 12.6. The van der Waals surface area contributed by atoms with Gasteiger partial charge in [0.05, 0.1) is 31.7 Å². The molecule has 0 saturated carbocycles. The van der Waals surface area contributed by atoms with Crippen LogP contribution in [0.1, 0.15) is 15.9 Å². The number of H-pyrrole nitrogens is 1. The number of amides is 1. The predicted molar refractivity (Wildman–Crippen MR) is 102 cm³/mol. The van der Waals surface area contributed by atoms with Crippen molar-refractivity contribution in [1.82, 2.24) is 15.5 Å². The van der Waals surface area contributed by atoms with Gasteiger partial charge in [0.25, 0.3) is 5.91 Å². The number of benzene rings is 2. The van der Waals surface area contributed by atoms with Crippen LogP contribution in [0.25, 0.3) is 11.3 Å². The molecule has 7 heteroatoms. The highest BCUT2D eigenvalue weighted by molar-refractivity contribution is 9.10. The maximum absolute atomic E-state index is 12.6. The molecule has 2 N–H and O–H groups in total. The lowest BCUT2D eigenvalue weighted by Gasteiger charge is -2.11. The van der Waals surface area contributed by atoms with Crippen LogP contribution in [0.15, 0.2) is 53.1 Å². The Morgan fingerprint density at radius 1 is 1.19 bits per heavy atom. The molecule has 0 radical (unpaired) electrons. The summed E-state index contributed by atoms with van der Waals surface area (Å²) < 4.78 is 11.5. The zero-order valence-electron chi connectivity index (χ0n) is 14.4. The third kappa shape index (κ3) is 3.88. The summed E-state index contributed by atoms with van der Waals surface area (Å²) in [6.45, 7) is 0.328. The van der Waals surface area contributed by atoms with E-state index in [9.17, 15) is 4.79 Å². The van der Waals surface area contributed by atoms with Crippen LogP contribution in [0, 0.1) is 0 Å². The van der Waals surface area contributed by atoms with Crippen LogP contribution in [0.4, 0.5) is 0 Å². The molecule has 0 atom stereocenters. The fraction of sp³-hybridized carbons (Fsp3) is 0.158. The molecule has 1 aromatic heterocycles. The molecule has 1 heterocycles. The summed E-state index contributed by atoms with van der Waals surface area (Å²) in [5.41, 5.74) is 2.89. The standard InChI is InChI=1S/C19H18BrN3O3/c1-25-15-7-6-13(17(9-15)26-2)10-21-19(24)16-11-22-23-18(16)12-4-3-5-14(20)8-12/h3-9,11H,10H2,1-2H3,(H,21,24)(H,22,23). The quantitative estimate of drug-likeness (QED) is 0.641. The smallest absolute Gasteiger partial charge is 0.255 e. The van der Waals surface area contributed by atoms with Gasteiger partial charge in [0.2, 0.25) is 0 Å². The Labute approximate surface area is 159 Å². The van der Waals surface area contributed by atoms with Gasteiger partial charge in [-0.2, -0.15) is 5.10 Å². The van der Waals surface area contributed by atoms with Gasteiger partial charge < -0.3 is 14.8 Å². The number of hydrogen-bond acceptors (Lipinski definition) is 4. The van der Waals surface area contributed by atoms with E-state index in [2.05, 4.69) is 31.4 Å². The van der Waals surface area contributed by atoms with Crippen LogP contribution < -0.4 is 14.8 Å². The number of hydrogen-bond donors (Lipinski definition) is 2. The molecule has 6 nitrogen and oxygen atoms in total. The number of methoxy groups -OCH3 is 2. The molecule has 0 bridgehead atoms. The molecule has 0 spiro atoms. The molecule has 0 unspecified atom stereocenters. The predicted octanol–water partition coefficient (Wildman–Crippen LogP) is 3.79. The largest absolute Gasteiger partial charge is 0.497 e. The lowest BCUT2D eigenvalue weighted by Crippen LogP contribution is -2.23. The maximum atomic E-state index is 12.6. The molecule has 1 amide bonds. The van der Waals surface area contributed by atoms with Gasteiger partial charge in [0.1, 0.15) is 11.5 Å². The van der Waals surface area contributed by atoms with Crippen LogP contribution in [0.2, 0.25) is 0 Å². The molecular formula is C19H18BrN3O3. The van der Waals surface area contributed by atoms with Gasteiger partial charge in [0, 0.05) is 28.2 Å². The van der Waals surface area contributed by atoms with Gasteiger partial charge in [-0.1, -0.05) is 28.1 Å². The Hall–Kier alpha value is -2.80. The Bertz CT molecular complexity index is 924. The van der Waals surface area contributed by atoms with E-state index in [0.29, 0.717) is 29.3 Å². The van der Waals surface area contributed by atoms with Crippen LogP contribution in [0.3, 0.4) is 0 Å². The highest BCUT2D eigenvalue weighted by Gasteiger charge is 2.16. The first-order valence-electron chi connectivity index (χ1n) is 7.90. The number of aromatic amines is 1. The highest BCUT2D eigenvalue weighted by Crippen LogP contribution is 2.26. The summed E-state index contributed by atoms with van der Waals surface area (Å²) in [5.74, 6) is 1.14. The highest BCUT2D eigenvalue weighted by atomic mass is 79.9. The third-order valence-electron chi connectivity index (χ3n) is 3.93. The topological polar surface area (TPSA) is 76.2 Å². The van der Waals surface area contributed by atoms with E-state index in [0.717, 1.165) is 15.6 Å². The Balaban J connectivity index is 1.77. The molecular weight excluding hydrogens is 398 g/mol. The monoisotopic (exact) mass is 415 g/mol. The van der Waals surface area contributed by atoms with E-state index in [1.807, 2.05) is 36.4 Å². The summed E-state index contributed by atoms with van der Waals surface area (Å²) in [5, 5.41) is 9.82. The Morgan fingerprint density at radius 2 is 2.04 bits per heavy atom.